The standard InChI is InChI=1S/C29H28F2N6O4S/c1-40-24-16-19(21-4-2-5-23(25(21)31)36-42(38,39)13-3-7-30)15-22-26(24)34-28(35-29(22)37-9-11-41-12-10-37)20-14-18-6-8-32-27(18)33-17-20/h2,4-6,8,14-17,36H,3,7,9-13H2,1H3,(H,32,33). The van der Waals surface area contributed by atoms with Crippen molar-refractivity contribution >= 4 is 43.5 Å². The fraction of sp³-hybridized carbons (Fsp3) is 0.276. The fourth-order valence-electron chi connectivity index (χ4n) is 5.00. The number of pyridine rings is 1. The van der Waals surface area contributed by atoms with Gasteiger partial charge < -0.3 is 19.4 Å². The van der Waals surface area contributed by atoms with E-state index < -0.39 is 28.3 Å². The summed E-state index contributed by atoms with van der Waals surface area (Å²) in [5.74, 6) is 0.271. The Hall–Kier alpha value is -4.36. The Balaban J connectivity index is 1.50. The van der Waals surface area contributed by atoms with Crippen molar-refractivity contribution in [3.05, 3.63) is 60.7 Å². The molecule has 0 bridgehead atoms. The van der Waals surface area contributed by atoms with Crippen LogP contribution >= 0.6 is 0 Å². The van der Waals surface area contributed by atoms with Crippen molar-refractivity contribution < 1.29 is 26.7 Å². The average Bonchev–Trinajstić information content (AvgIpc) is 3.48. The maximum Gasteiger partial charge on any atom is 0.232 e. The predicted molar refractivity (Wildman–Crippen MR) is 158 cm³/mol. The number of aromatic amines is 1. The number of rotatable bonds is 9. The third kappa shape index (κ3) is 5.44. The number of aromatic nitrogens is 4. The molecular weight excluding hydrogens is 566 g/mol. The number of H-pyrrole nitrogens is 1. The molecule has 218 valence electrons. The summed E-state index contributed by atoms with van der Waals surface area (Å²) in [7, 11) is -2.42. The molecule has 0 unspecified atom stereocenters. The monoisotopic (exact) mass is 594 g/mol. The maximum absolute atomic E-state index is 15.8. The number of hydrogen-bond acceptors (Lipinski definition) is 8. The topological polar surface area (TPSA) is 122 Å². The highest BCUT2D eigenvalue weighted by molar-refractivity contribution is 7.92. The van der Waals surface area contributed by atoms with Crippen LogP contribution in [0.1, 0.15) is 6.42 Å². The minimum atomic E-state index is -3.93. The Morgan fingerprint density at radius 3 is 2.74 bits per heavy atom. The van der Waals surface area contributed by atoms with Crippen LogP contribution in [0.3, 0.4) is 0 Å². The van der Waals surface area contributed by atoms with Gasteiger partial charge in [-0.05, 0) is 42.3 Å². The maximum atomic E-state index is 15.8. The SMILES string of the molecule is COc1cc(-c2cccc(NS(=O)(=O)CCCF)c2F)cc2c(N3CCOCC3)nc(-c3cnc4[nH]ccc4c3)nc12. The van der Waals surface area contributed by atoms with Gasteiger partial charge in [0.15, 0.2) is 11.6 Å². The number of hydrogen-bond donors (Lipinski definition) is 2. The van der Waals surface area contributed by atoms with Gasteiger partial charge in [-0.15, -0.1) is 0 Å². The second-order valence-electron chi connectivity index (χ2n) is 9.81. The molecule has 0 aliphatic carbocycles. The first kappa shape index (κ1) is 27.8. The molecule has 3 aromatic heterocycles. The number of benzene rings is 2. The number of nitrogens with one attached hydrogen (secondary N) is 2. The molecule has 1 saturated heterocycles. The van der Waals surface area contributed by atoms with Gasteiger partial charge in [0.25, 0.3) is 0 Å². The molecule has 13 heteroatoms. The van der Waals surface area contributed by atoms with Crippen LogP contribution in [0.4, 0.5) is 20.3 Å². The summed E-state index contributed by atoms with van der Waals surface area (Å²) in [6.07, 6.45) is 3.34. The molecule has 0 saturated carbocycles. The first-order valence-electron chi connectivity index (χ1n) is 13.4. The lowest BCUT2D eigenvalue weighted by atomic mass is 10.0. The minimum Gasteiger partial charge on any atom is -0.494 e. The quantitative estimate of drug-likeness (QED) is 0.247. The van der Waals surface area contributed by atoms with Gasteiger partial charge >= 0.3 is 0 Å². The van der Waals surface area contributed by atoms with E-state index in [9.17, 15) is 12.8 Å². The van der Waals surface area contributed by atoms with Crippen LogP contribution in [0, 0.1) is 5.82 Å². The number of sulfonamides is 1. The van der Waals surface area contributed by atoms with Gasteiger partial charge in [0.1, 0.15) is 22.7 Å². The molecule has 1 aliphatic rings. The second kappa shape index (κ2) is 11.5. The summed E-state index contributed by atoms with van der Waals surface area (Å²) in [5.41, 5.74) is 2.39. The number of morpholine rings is 1. The molecule has 4 heterocycles. The zero-order valence-corrected chi connectivity index (χ0v) is 23.5. The Morgan fingerprint density at radius 1 is 1.12 bits per heavy atom. The number of fused-ring (bicyclic) bond motifs is 2. The predicted octanol–water partition coefficient (Wildman–Crippen LogP) is 4.93. The zero-order valence-electron chi connectivity index (χ0n) is 22.7. The van der Waals surface area contributed by atoms with Crippen molar-refractivity contribution in [2.45, 2.75) is 6.42 Å². The van der Waals surface area contributed by atoms with Crippen molar-refractivity contribution in [1.29, 1.82) is 0 Å². The number of ether oxygens (including phenoxy) is 2. The normalized spacial score (nSPS) is 14.0. The molecule has 0 spiro atoms. The van der Waals surface area contributed by atoms with E-state index in [1.807, 2.05) is 18.3 Å². The molecule has 42 heavy (non-hydrogen) atoms. The molecule has 10 nitrogen and oxygen atoms in total. The highest BCUT2D eigenvalue weighted by Gasteiger charge is 2.23. The number of methoxy groups -OCH3 is 1. The van der Waals surface area contributed by atoms with Crippen molar-refractivity contribution in [1.82, 2.24) is 19.9 Å². The fourth-order valence-corrected chi connectivity index (χ4v) is 6.08. The third-order valence-corrected chi connectivity index (χ3v) is 8.41. The van der Waals surface area contributed by atoms with Gasteiger partial charge in [0.2, 0.25) is 10.0 Å². The lowest BCUT2D eigenvalue weighted by Gasteiger charge is -2.29. The van der Waals surface area contributed by atoms with Crippen molar-refractivity contribution in [2.24, 2.45) is 0 Å². The summed E-state index contributed by atoms with van der Waals surface area (Å²) >= 11 is 0. The molecule has 2 N–H and O–H groups in total. The van der Waals surface area contributed by atoms with Gasteiger partial charge in [-0.2, -0.15) is 0 Å². The van der Waals surface area contributed by atoms with E-state index in [1.165, 1.54) is 13.2 Å². The summed E-state index contributed by atoms with van der Waals surface area (Å²) in [4.78, 5) is 19.5. The average molecular weight is 595 g/mol. The Bertz CT molecular complexity index is 1880. The number of alkyl halides is 1. The van der Waals surface area contributed by atoms with Crippen molar-refractivity contribution in [2.75, 3.05) is 55.5 Å². The molecule has 1 fully saturated rings. The van der Waals surface area contributed by atoms with Gasteiger partial charge in [0, 0.05) is 47.4 Å². The van der Waals surface area contributed by atoms with Crippen LogP contribution in [-0.2, 0) is 14.8 Å². The van der Waals surface area contributed by atoms with Crippen molar-refractivity contribution in [3.63, 3.8) is 0 Å². The van der Waals surface area contributed by atoms with E-state index in [0.717, 1.165) is 16.6 Å². The largest absolute Gasteiger partial charge is 0.494 e. The van der Waals surface area contributed by atoms with Crippen LogP contribution in [0.2, 0.25) is 0 Å². The van der Waals surface area contributed by atoms with Crippen LogP contribution in [0.5, 0.6) is 5.75 Å². The summed E-state index contributed by atoms with van der Waals surface area (Å²) < 4.78 is 66.6. The van der Waals surface area contributed by atoms with Crippen molar-refractivity contribution in [3.8, 4) is 28.3 Å². The lowest BCUT2D eigenvalue weighted by molar-refractivity contribution is 0.122. The smallest absolute Gasteiger partial charge is 0.232 e. The zero-order chi connectivity index (χ0) is 29.3. The summed E-state index contributed by atoms with van der Waals surface area (Å²) in [6, 6.07) is 11.8. The van der Waals surface area contributed by atoms with Gasteiger partial charge in [0.05, 0.1) is 38.4 Å². The Labute approximate surface area is 240 Å². The van der Waals surface area contributed by atoms with E-state index in [4.69, 9.17) is 19.4 Å². The Morgan fingerprint density at radius 2 is 1.95 bits per heavy atom. The molecule has 0 amide bonds. The minimum absolute atomic E-state index is 0.153. The van der Waals surface area contributed by atoms with E-state index in [0.29, 0.717) is 60.2 Å². The summed E-state index contributed by atoms with van der Waals surface area (Å²) in [5, 5.41) is 1.56. The molecule has 6 rings (SSSR count). The van der Waals surface area contributed by atoms with Gasteiger partial charge in [-0.1, -0.05) is 12.1 Å². The first-order chi connectivity index (χ1) is 20.4. The van der Waals surface area contributed by atoms with E-state index in [2.05, 4.69) is 19.6 Å². The van der Waals surface area contributed by atoms with E-state index in [-0.39, 0.29) is 17.7 Å². The first-order valence-corrected chi connectivity index (χ1v) is 15.0. The molecular formula is C29H28F2N6O4S. The molecule has 5 aromatic rings. The van der Waals surface area contributed by atoms with Crippen LogP contribution in [-0.4, -0.2) is 74.2 Å². The van der Waals surface area contributed by atoms with Crippen LogP contribution in [0.25, 0.3) is 44.5 Å². The molecule has 0 radical (unpaired) electrons. The molecule has 2 aromatic carbocycles. The number of anilines is 2. The number of nitrogens with zero attached hydrogens (tertiary/aromatic N) is 4. The van der Waals surface area contributed by atoms with E-state index >= 15 is 4.39 Å². The third-order valence-electron chi connectivity index (χ3n) is 7.06. The van der Waals surface area contributed by atoms with E-state index in [1.54, 1.807) is 30.5 Å². The van der Waals surface area contributed by atoms with Crippen LogP contribution < -0.4 is 14.4 Å². The molecule has 0 atom stereocenters. The second-order valence-corrected chi connectivity index (χ2v) is 11.7. The summed E-state index contributed by atoms with van der Waals surface area (Å²) in [6.45, 7) is 1.45. The van der Waals surface area contributed by atoms with Crippen LogP contribution in [0.15, 0.2) is 54.9 Å². The lowest BCUT2D eigenvalue weighted by Crippen LogP contribution is -2.37. The highest BCUT2D eigenvalue weighted by Crippen LogP contribution is 2.39. The van der Waals surface area contributed by atoms with Gasteiger partial charge in [-0.3, -0.25) is 9.11 Å². The van der Waals surface area contributed by atoms with Gasteiger partial charge in [-0.25, -0.2) is 27.8 Å². The highest BCUT2D eigenvalue weighted by atomic mass is 32.2. The number of halogens is 2. The molecule has 1 aliphatic heterocycles. The Kier molecular flexibility index (Phi) is 7.60.